The summed E-state index contributed by atoms with van der Waals surface area (Å²) in [5.41, 5.74) is -2.10. The number of alkyl halides is 3. The Bertz CT molecular complexity index is 948. The number of hydrogen-bond acceptors (Lipinski definition) is 5. The Kier molecular flexibility index (Phi) is 7.73. The summed E-state index contributed by atoms with van der Waals surface area (Å²) in [6.45, 7) is 2.95. The topological polar surface area (TPSA) is 98.5 Å². The van der Waals surface area contributed by atoms with Gasteiger partial charge in [-0.25, -0.2) is 0 Å². The van der Waals surface area contributed by atoms with Gasteiger partial charge in [-0.15, -0.1) is 0 Å². The van der Waals surface area contributed by atoms with Crippen molar-refractivity contribution in [2.75, 3.05) is 11.9 Å². The minimum absolute atomic E-state index is 0.0931. The van der Waals surface area contributed by atoms with Crippen molar-refractivity contribution in [2.45, 2.75) is 32.4 Å². The zero-order chi connectivity index (χ0) is 23.2. The van der Waals surface area contributed by atoms with Crippen LogP contribution < -0.4 is 5.32 Å². The summed E-state index contributed by atoms with van der Waals surface area (Å²) in [5, 5.41) is 12.7. The number of rotatable bonds is 8. The minimum Gasteiger partial charge on any atom is -0.455 e. The molecule has 2 atom stereocenters. The first kappa shape index (κ1) is 23.8. The zero-order valence-corrected chi connectivity index (χ0v) is 16.8. The molecule has 166 valence electrons. The summed E-state index contributed by atoms with van der Waals surface area (Å²) in [7, 11) is 0. The van der Waals surface area contributed by atoms with E-state index in [1.165, 1.54) is 0 Å². The number of nitrogens with one attached hydrogen (secondary N) is 1. The monoisotopic (exact) mass is 438 g/mol. The Morgan fingerprint density at radius 1 is 1.16 bits per heavy atom. The number of nitro benzene ring substituents is 1. The summed E-state index contributed by atoms with van der Waals surface area (Å²) in [6.07, 6.45) is -4.27. The van der Waals surface area contributed by atoms with Crippen LogP contribution in [0.25, 0.3) is 0 Å². The highest BCUT2D eigenvalue weighted by atomic mass is 19.4. The van der Waals surface area contributed by atoms with Crippen molar-refractivity contribution >= 4 is 23.3 Å². The first-order valence-electron chi connectivity index (χ1n) is 9.41. The van der Waals surface area contributed by atoms with Crippen LogP contribution in [0.1, 0.15) is 37.3 Å². The van der Waals surface area contributed by atoms with Gasteiger partial charge in [0.05, 0.1) is 22.1 Å². The molecule has 1 N–H and O–H groups in total. The van der Waals surface area contributed by atoms with Gasteiger partial charge in [-0.1, -0.05) is 50.6 Å². The highest BCUT2D eigenvalue weighted by Gasteiger charge is 2.36. The van der Waals surface area contributed by atoms with Crippen LogP contribution in [0.3, 0.4) is 0 Å². The van der Waals surface area contributed by atoms with Gasteiger partial charge < -0.3 is 10.1 Å². The standard InChI is InChI=1S/C21H21F3N2O5/c1-3-13(2)19(14-7-5-4-6-8-14)20(28)31-12-18(27)25-17-10-9-15(26(29)30)11-16(17)21(22,23)24/h4-11,13,19H,3,12H2,1-2H3,(H,25,27). The van der Waals surface area contributed by atoms with Crippen molar-refractivity contribution in [2.24, 2.45) is 5.92 Å². The van der Waals surface area contributed by atoms with Crippen molar-refractivity contribution in [3.8, 4) is 0 Å². The average Bonchev–Trinajstić information content (AvgIpc) is 2.72. The van der Waals surface area contributed by atoms with E-state index in [2.05, 4.69) is 0 Å². The van der Waals surface area contributed by atoms with Crippen LogP contribution in [0.15, 0.2) is 48.5 Å². The van der Waals surface area contributed by atoms with E-state index in [0.717, 1.165) is 12.1 Å². The highest BCUT2D eigenvalue weighted by molar-refractivity contribution is 5.94. The molecule has 2 aromatic carbocycles. The van der Waals surface area contributed by atoms with Crippen LogP contribution in [0, 0.1) is 16.0 Å². The van der Waals surface area contributed by atoms with Gasteiger partial charge in [-0.05, 0) is 17.5 Å². The molecule has 2 rings (SSSR count). The number of halogens is 3. The van der Waals surface area contributed by atoms with Crippen molar-refractivity contribution in [1.29, 1.82) is 0 Å². The van der Waals surface area contributed by atoms with Gasteiger partial charge in [0.2, 0.25) is 0 Å². The third-order valence-electron chi connectivity index (χ3n) is 4.76. The number of carbonyl (C=O) groups excluding carboxylic acids is 2. The fourth-order valence-electron chi connectivity index (χ4n) is 3.00. The van der Waals surface area contributed by atoms with E-state index in [4.69, 9.17) is 4.74 Å². The third-order valence-corrected chi connectivity index (χ3v) is 4.76. The van der Waals surface area contributed by atoms with E-state index < -0.39 is 52.4 Å². The van der Waals surface area contributed by atoms with E-state index >= 15 is 0 Å². The quantitative estimate of drug-likeness (QED) is 0.358. The largest absolute Gasteiger partial charge is 0.455 e. The molecule has 0 aromatic heterocycles. The zero-order valence-electron chi connectivity index (χ0n) is 16.8. The predicted octanol–water partition coefficient (Wildman–Crippen LogP) is 4.93. The van der Waals surface area contributed by atoms with Crippen LogP contribution in [0.2, 0.25) is 0 Å². The van der Waals surface area contributed by atoms with Crippen LogP contribution in [0.4, 0.5) is 24.5 Å². The van der Waals surface area contributed by atoms with E-state index in [1.54, 1.807) is 30.3 Å². The molecule has 7 nitrogen and oxygen atoms in total. The number of benzene rings is 2. The first-order valence-corrected chi connectivity index (χ1v) is 9.41. The summed E-state index contributed by atoms with van der Waals surface area (Å²) in [6, 6.07) is 10.8. The number of nitrogens with zero attached hydrogens (tertiary/aromatic N) is 1. The predicted molar refractivity (Wildman–Crippen MR) is 106 cm³/mol. The number of amides is 1. The Labute approximate surface area is 176 Å². The maximum absolute atomic E-state index is 13.2. The van der Waals surface area contributed by atoms with Crippen LogP contribution in [-0.2, 0) is 20.5 Å². The van der Waals surface area contributed by atoms with Crippen LogP contribution >= 0.6 is 0 Å². The van der Waals surface area contributed by atoms with Gasteiger partial charge in [0.1, 0.15) is 0 Å². The van der Waals surface area contributed by atoms with E-state index in [0.29, 0.717) is 18.1 Å². The molecular weight excluding hydrogens is 417 g/mol. The molecule has 0 saturated carbocycles. The molecule has 0 fully saturated rings. The third kappa shape index (κ3) is 6.27. The van der Waals surface area contributed by atoms with E-state index in [1.807, 2.05) is 19.2 Å². The number of esters is 1. The summed E-state index contributed by atoms with van der Waals surface area (Å²) in [4.78, 5) is 34.5. The molecule has 0 radical (unpaired) electrons. The van der Waals surface area contributed by atoms with Gasteiger partial charge in [-0.3, -0.25) is 19.7 Å². The summed E-state index contributed by atoms with van der Waals surface area (Å²) >= 11 is 0. The molecular formula is C21H21F3N2O5. The van der Waals surface area contributed by atoms with E-state index in [9.17, 15) is 32.9 Å². The molecule has 0 aliphatic heterocycles. The fourth-order valence-corrected chi connectivity index (χ4v) is 3.00. The first-order chi connectivity index (χ1) is 14.5. The maximum atomic E-state index is 13.2. The lowest BCUT2D eigenvalue weighted by molar-refractivity contribution is -0.385. The second-order valence-corrected chi connectivity index (χ2v) is 6.91. The average molecular weight is 438 g/mol. The number of ether oxygens (including phenoxy) is 1. The lowest BCUT2D eigenvalue weighted by Gasteiger charge is -2.22. The smallest absolute Gasteiger partial charge is 0.418 e. The molecule has 2 aromatic rings. The summed E-state index contributed by atoms with van der Waals surface area (Å²) in [5.74, 6) is -2.40. The Morgan fingerprint density at radius 2 is 1.81 bits per heavy atom. The number of hydrogen-bond donors (Lipinski definition) is 1. The van der Waals surface area contributed by atoms with Crippen molar-refractivity contribution in [3.63, 3.8) is 0 Å². The normalized spacial score (nSPS) is 13.2. The molecule has 0 saturated heterocycles. The Balaban J connectivity index is 2.12. The van der Waals surface area contributed by atoms with Crippen LogP contribution in [0.5, 0.6) is 0 Å². The fraction of sp³-hybridized carbons (Fsp3) is 0.333. The van der Waals surface area contributed by atoms with Gasteiger partial charge >= 0.3 is 12.1 Å². The van der Waals surface area contributed by atoms with Gasteiger partial charge in [0, 0.05) is 12.1 Å². The maximum Gasteiger partial charge on any atom is 0.418 e. The lowest BCUT2D eigenvalue weighted by Crippen LogP contribution is -2.27. The van der Waals surface area contributed by atoms with Gasteiger partial charge in [0.25, 0.3) is 11.6 Å². The lowest BCUT2D eigenvalue weighted by atomic mass is 9.86. The molecule has 2 unspecified atom stereocenters. The van der Waals surface area contributed by atoms with Crippen molar-refractivity contribution in [3.05, 3.63) is 69.8 Å². The number of anilines is 1. The summed E-state index contributed by atoms with van der Waals surface area (Å²) < 4.78 is 44.7. The molecule has 10 heteroatoms. The molecule has 0 aliphatic rings. The van der Waals surface area contributed by atoms with Gasteiger partial charge in [0.15, 0.2) is 6.61 Å². The molecule has 1 amide bonds. The molecule has 0 spiro atoms. The Morgan fingerprint density at radius 3 is 2.35 bits per heavy atom. The number of non-ortho nitro benzene ring substituents is 1. The van der Waals surface area contributed by atoms with Crippen molar-refractivity contribution in [1.82, 2.24) is 0 Å². The Hall–Kier alpha value is -3.43. The second-order valence-electron chi connectivity index (χ2n) is 6.91. The SMILES string of the molecule is CCC(C)C(C(=O)OCC(=O)Nc1ccc([N+](=O)[O-])cc1C(F)(F)F)c1ccccc1. The van der Waals surface area contributed by atoms with Crippen LogP contribution in [-0.4, -0.2) is 23.4 Å². The minimum atomic E-state index is -4.93. The molecule has 31 heavy (non-hydrogen) atoms. The number of carbonyl (C=O) groups is 2. The van der Waals surface area contributed by atoms with E-state index in [-0.39, 0.29) is 5.92 Å². The second kappa shape index (κ2) is 10.1. The van der Waals surface area contributed by atoms with Gasteiger partial charge in [-0.2, -0.15) is 13.2 Å². The molecule has 0 bridgehead atoms. The highest BCUT2D eigenvalue weighted by Crippen LogP contribution is 2.37. The molecule has 0 heterocycles. The number of nitro groups is 1. The van der Waals surface area contributed by atoms with Crippen molar-refractivity contribution < 1.29 is 32.4 Å². The molecule has 0 aliphatic carbocycles.